The van der Waals surface area contributed by atoms with E-state index in [9.17, 15) is 14.7 Å². The number of anilines is 2. The van der Waals surface area contributed by atoms with Crippen molar-refractivity contribution in [2.75, 3.05) is 30.9 Å². The van der Waals surface area contributed by atoms with E-state index in [4.69, 9.17) is 0 Å². The van der Waals surface area contributed by atoms with Crippen molar-refractivity contribution in [3.63, 3.8) is 0 Å². The number of nitrogens with one attached hydrogen (secondary N) is 1. The van der Waals surface area contributed by atoms with Gasteiger partial charge in [-0.15, -0.1) is 11.8 Å². The van der Waals surface area contributed by atoms with Crippen LogP contribution in [-0.4, -0.2) is 53.4 Å². The van der Waals surface area contributed by atoms with Crippen LogP contribution in [0.3, 0.4) is 0 Å². The Morgan fingerprint density at radius 1 is 1.03 bits per heavy atom. The van der Waals surface area contributed by atoms with Crippen LogP contribution in [0.25, 0.3) is 0 Å². The summed E-state index contributed by atoms with van der Waals surface area (Å²) in [5.41, 5.74) is 4.34. The number of fused-ring (bicyclic) bond motifs is 1. The lowest BCUT2D eigenvalue weighted by molar-refractivity contribution is -0.138. The molecular formula is C28H39N3O3S. The van der Waals surface area contributed by atoms with Gasteiger partial charge < -0.3 is 20.2 Å². The number of carboxylic acids is 1. The van der Waals surface area contributed by atoms with Crippen LogP contribution in [0.15, 0.2) is 47.4 Å². The molecule has 0 bridgehead atoms. The summed E-state index contributed by atoms with van der Waals surface area (Å²) in [6, 6.07) is 14.2. The summed E-state index contributed by atoms with van der Waals surface area (Å²) < 4.78 is -0.889. The predicted octanol–water partition coefficient (Wildman–Crippen LogP) is 6.29. The molecule has 3 rings (SSSR count). The standard InChI is InChI=1S/C28H39N3O3S/c1-6-7-8-9-16-31(27(34)29-22-11-13-23(14-12-22)30(4)5)24-17-20-10-15-25(19-21(20)18-24)35-28(2,3)26(32)33/h10-15,19,24H,6-9,16-18H2,1-5H3,(H,29,34)(H,32,33). The Bertz CT molecular complexity index is 1020. The number of rotatable bonds is 11. The van der Waals surface area contributed by atoms with Crippen LogP contribution in [0.5, 0.6) is 0 Å². The van der Waals surface area contributed by atoms with E-state index in [2.05, 4.69) is 24.4 Å². The quantitative estimate of drug-likeness (QED) is 0.282. The van der Waals surface area contributed by atoms with Crippen LogP contribution < -0.4 is 10.2 Å². The smallest absolute Gasteiger partial charge is 0.322 e. The molecular weight excluding hydrogens is 458 g/mol. The Kier molecular flexibility index (Phi) is 9.11. The van der Waals surface area contributed by atoms with E-state index < -0.39 is 10.7 Å². The highest BCUT2D eigenvalue weighted by Crippen LogP contribution is 2.36. The summed E-state index contributed by atoms with van der Waals surface area (Å²) in [5.74, 6) is -0.825. The third kappa shape index (κ3) is 7.17. The number of carbonyl (C=O) groups excluding carboxylic acids is 1. The van der Waals surface area contributed by atoms with Crippen molar-refractivity contribution in [2.45, 2.75) is 75.0 Å². The number of carbonyl (C=O) groups is 2. The molecule has 1 atom stereocenters. The van der Waals surface area contributed by atoms with Crippen molar-refractivity contribution < 1.29 is 14.7 Å². The molecule has 1 aliphatic carbocycles. The number of unbranched alkanes of at least 4 members (excludes halogenated alkanes) is 3. The Morgan fingerprint density at radius 3 is 2.34 bits per heavy atom. The molecule has 2 N–H and O–H groups in total. The molecule has 2 aromatic carbocycles. The molecule has 0 heterocycles. The molecule has 2 amide bonds. The van der Waals surface area contributed by atoms with E-state index >= 15 is 0 Å². The largest absolute Gasteiger partial charge is 0.480 e. The number of thioether (sulfide) groups is 1. The summed E-state index contributed by atoms with van der Waals surface area (Å²) in [5, 5.41) is 12.6. The second-order valence-corrected chi connectivity index (χ2v) is 11.7. The van der Waals surface area contributed by atoms with Crippen molar-refractivity contribution in [2.24, 2.45) is 0 Å². The first-order chi connectivity index (χ1) is 16.6. The molecule has 6 nitrogen and oxygen atoms in total. The van der Waals surface area contributed by atoms with Gasteiger partial charge in [-0.05, 0) is 80.6 Å². The fourth-order valence-corrected chi connectivity index (χ4v) is 5.40. The van der Waals surface area contributed by atoms with Gasteiger partial charge in [-0.25, -0.2) is 4.79 Å². The van der Waals surface area contributed by atoms with E-state index in [1.807, 2.05) is 54.2 Å². The number of aliphatic carboxylic acids is 1. The molecule has 35 heavy (non-hydrogen) atoms. The van der Waals surface area contributed by atoms with Gasteiger partial charge in [0.25, 0.3) is 0 Å². The summed E-state index contributed by atoms with van der Waals surface area (Å²) >= 11 is 1.36. The third-order valence-electron chi connectivity index (χ3n) is 6.57. The topological polar surface area (TPSA) is 72.9 Å². The molecule has 0 aromatic heterocycles. The summed E-state index contributed by atoms with van der Waals surface area (Å²) in [6.45, 7) is 6.37. The fourth-order valence-electron chi connectivity index (χ4n) is 4.39. The monoisotopic (exact) mass is 497 g/mol. The number of benzene rings is 2. The maximum atomic E-state index is 13.4. The second-order valence-electron chi connectivity index (χ2n) is 10.0. The van der Waals surface area contributed by atoms with Gasteiger partial charge in [0.15, 0.2) is 0 Å². The molecule has 0 spiro atoms. The average molecular weight is 498 g/mol. The summed E-state index contributed by atoms with van der Waals surface area (Å²) in [6.07, 6.45) is 6.05. The zero-order valence-corrected chi connectivity index (χ0v) is 22.5. The third-order valence-corrected chi connectivity index (χ3v) is 7.74. The van der Waals surface area contributed by atoms with Gasteiger partial charge in [0.1, 0.15) is 4.75 Å². The molecule has 1 aliphatic rings. The highest BCUT2D eigenvalue weighted by atomic mass is 32.2. The number of amides is 2. The van der Waals surface area contributed by atoms with Crippen molar-refractivity contribution in [3.05, 3.63) is 53.6 Å². The van der Waals surface area contributed by atoms with Gasteiger partial charge in [0.2, 0.25) is 0 Å². The summed E-state index contributed by atoms with van der Waals surface area (Å²) in [7, 11) is 3.99. The zero-order chi connectivity index (χ0) is 25.6. The van der Waals surface area contributed by atoms with E-state index in [0.717, 1.165) is 54.9 Å². The Morgan fingerprint density at radius 2 is 1.71 bits per heavy atom. The van der Waals surface area contributed by atoms with Gasteiger partial charge in [-0.2, -0.15) is 0 Å². The normalized spacial score (nSPS) is 14.9. The zero-order valence-electron chi connectivity index (χ0n) is 21.6. The van der Waals surface area contributed by atoms with Gasteiger partial charge in [-0.3, -0.25) is 4.79 Å². The Labute approximate surface area is 214 Å². The SMILES string of the molecule is CCCCCCN(C(=O)Nc1ccc(N(C)C)cc1)C1Cc2ccc(SC(C)(C)C(=O)O)cc2C1. The van der Waals surface area contributed by atoms with Crippen molar-refractivity contribution in [3.8, 4) is 0 Å². The van der Waals surface area contributed by atoms with Crippen molar-refractivity contribution in [1.29, 1.82) is 0 Å². The molecule has 0 saturated heterocycles. The maximum Gasteiger partial charge on any atom is 0.322 e. The lowest BCUT2D eigenvalue weighted by Crippen LogP contribution is -2.44. The number of urea groups is 1. The van der Waals surface area contributed by atoms with E-state index in [0.29, 0.717) is 0 Å². The lowest BCUT2D eigenvalue weighted by atomic mass is 10.1. The fraction of sp³-hybridized carbons (Fsp3) is 0.500. The minimum Gasteiger partial charge on any atom is -0.480 e. The van der Waals surface area contributed by atoms with E-state index in [1.165, 1.54) is 29.3 Å². The van der Waals surface area contributed by atoms with Gasteiger partial charge in [-0.1, -0.05) is 32.3 Å². The Hall–Kier alpha value is -2.67. The number of carboxylic acid groups (broad SMARTS) is 1. The first kappa shape index (κ1) is 26.9. The molecule has 1 unspecified atom stereocenters. The minimum absolute atomic E-state index is 0.0569. The maximum absolute atomic E-state index is 13.4. The van der Waals surface area contributed by atoms with Gasteiger partial charge in [0, 0.05) is 43.0 Å². The van der Waals surface area contributed by atoms with Crippen LogP contribution in [-0.2, 0) is 17.6 Å². The van der Waals surface area contributed by atoms with Crippen LogP contribution in [0.4, 0.5) is 16.2 Å². The molecule has 190 valence electrons. The average Bonchev–Trinajstić information content (AvgIpc) is 3.21. The molecule has 0 saturated carbocycles. The number of hydrogen-bond donors (Lipinski definition) is 2. The Balaban J connectivity index is 1.73. The van der Waals surface area contributed by atoms with Crippen molar-refractivity contribution in [1.82, 2.24) is 4.90 Å². The highest BCUT2D eigenvalue weighted by molar-refractivity contribution is 8.01. The van der Waals surface area contributed by atoms with Gasteiger partial charge >= 0.3 is 12.0 Å². The molecule has 0 fully saturated rings. The predicted molar refractivity (Wildman–Crippen MR) is 146 cm³/mol. The van der Waals surface area contributed by atoms with Crippen molar-refractivity contribution >= 4 is 35.1 Å². The second kappa shape index (κ2) is 11.8. The van der Waals surface area contributed by atoms with Crippen LogP contribution in [0, 0.1) is 0 Å². The van der Waals surface area contributed by atoms with Gasteiger partial charge in [0.05, 0.1) is 0 Å². The first-order valence-corrected chi connectivity index (χ1v) is 13.3. The summed E-state index contributed by atoms with van der Waals surface area (Å²) in [4.78, 5) is 29.9. The van der Waals surface area contributed by atoms with Crippen LogP contribution in [0.2, 0.25) is 0 Å². The highest BCUT2D eigenvalue weighted by Gasteiger charge is 2.32. The van der Waals surface area contributed by atoms with E-state index in [-0.39, 0.29) is 12.1 Å². The van der Waals surface area contributed by atoms with E-state index in [1.54, 1.807) is 13.8 Å². The lowest BCUT2D eigenvalue weighted by Gasteiger charge is -2.29. The minimum atomic E-state index is -0.889. The molecule has 0 aliphatic heterocycles. The molecule has 7 heteroatoms. The van der Waals surface area contributed by atoms with Crippen LogP contribution >= 0.6 is 11.8 Å². The molecule has 0 radical (unpaired) electrons. The molecule has 2 aromatic rings. The number of hydrogen-bond acceptors (Lipinski definition) is 4. The first-order valence-electron chi connectivity index (χ1n) is 12.5. The number of nitrogens with zero attached hydrogens (tertiary/aromatic N) is 2. The van der Waals surface area contributed by atoms with Crippen LogP contribution in [0.1, 0.15) is 57.6 Å².